The van der Waals surface area contributed by atoms with E-state index in [2.05, 4.69) is 4.90 Å². The van der Waals surface area contributed by atoms with Crippen LogP contribution in [0.15, 0.2) is 0 Å². The van der Waals surface area contributed by atoms with Crippen molar-refractivity contribution in [3.63, 3.8) is 0 Å². The highest BCUT2D eigenvalue weighted by Gasteiger charge is 2.20. The van der Waals surface area contributed by atoms with Crippen LogP contribution in [0.5, 0.6) is 0 Å². The van der Waals surface area contributed by atoms with E-state index in [0.29, 0.717) is 0 Å². The summed E-state index contributed by atoms with van der Waals surface area (Å²) in [6.07, 6.45) is 2.21. The van der Waals surface area contributed by atoms with E-state index in [9.17, 15) is 4.79 Å². The van der Waals surface area contributed by atoms with Gasteiger partial charge in [0.2, 0.25) is 0 Å². The second-order valence-corrected chi connectivity index (χ2v) is 4.67. The van der Waals surface area contributed by atoms with Crippen molar-refractivity contribution in [1.82, 2.24) is 4.90 Å². The average molecular weight is 245 g/mol. The van der Waals surface area contributed by atoms with Crippen molar-refractivity contribution in [1.29, 1.82) is 0 Å². The lowest BCUT2D eigenvalue weighted by atomic mass is 10.1. The molecule has 0 aromatic rings. The number of carbonyl (C=O) groups is 1. The van der Waals surface area contributed by atoms with Gasteiger partial charge in [-0.2, -0.15) is 0 Å². The van der Waals surface area contributed by atoms with Gasteiger partial charge >= 0.3 is 5.97 Å². The van der Waals surface area contributed by atoms with E-state index in [4.69, 9.17) is 14.6 Å². The van der Waals surface area contributed by atoms with Crippen LogP contribution < -0.4 is 0 Å². The van der Waals surface area contributed by atoms with E-state index >= 15 is 0 Å². The van der Waals surface area contributed by atoms with Gasteiger partial charge in [0.25, 0.3) is 0 Å². The summed E-state index contributed by atoms with van der Waals surface area (Å²) in [6.45, 7) is 7.53. The molecule has 5 nitrogen and oxygen atoms in total. The molecule has 1 heterocycles. The SMILES string of the molecule is CC(C)OCCN1CCC(OCC(=O)O)CC1. The first-order valence-electron chi connectivity index (χ1n) is 6.25. The Morgan fingerprint density at radius 3 is 2.59 bits per heavy atom. The van der Waals surface area contributed by atoms with Crippen LogP contribution in [0.2, 0.25) is 0 Å². The van der Waals surface area contributed by atoms with Crippen molar-refractivity contribution in [2.24, 2.45) is 0 Å². The number of likely N-dealkylation sites (tertiary alicyclic amines) is 1. The van der Waals surface area contributed by atoms with Crippen LogP contribution in [-0.2, 0) is 14.3 Å². The molecule has 100 valence electrons. The summed E-state index contributed by atoms with van der Waals surface area (Å²) in [5.41, 5.74) is 0. The predicted molar refractivity (Wildman–Crippen MR) is 64.1 cm³/mol. The van der Waals surface area contributed by atoms with Crippen molar-refractivity contribution in [3.8, 4) is 0 Å². The predicted octanol–water partition coefficient (Wildman–Crippen LogP) is 0.977. The van der Waals surface area contributed by atoms with E-state index in [-0.39, 0.29) is 18.8 Å². The van der Waals surface area contributed by atoms with Gasteiger partial charge in [0.1, 0.15) is 6.61 Å². The lowest BCUT2D eigenvalue weighted by Crippen LogP contribution is -2.39. The monoisotopic (exact) mass is 245 g/mol. The second kappa shape index (κ2) is 7.63. The van der Waals surface area contributed by atoms with Crippen LogP contribution in [0.4, 0.5) is 0 Å². The maximum absolute atomic E-state index is 10.4. The Bertz CT molecular complexity index is 225. The Balaban J connectivity index is 2.07. The number of nitrogens with zero attached hydrogens (tertiary/aromatic N) is 1. The first-order chi connectivity index (χ1) is 8.08. The van der Waals surface area contributed by atoms with Gasteiger partial charge in [0.15, 0.2) is 0 Å². The number of piperidine rings is 1. The minimum Gasteiger partial charge on any atom is -0.480 e. The van der Waals surface area contributed by atoms with Crippen molar-refractivity contribution >= 4 is 5.97 Å². The molecule has 1 fully saturated rings. The molecule has 1 aliphatic heterocycles. The van der Waals surface area contributed by atoms with Gasteiger partial charge < -0.3 is 19.5 Å². The van der Waals surface area contributed by atoms with Gasteiger partial charge in [-0.1, -0.05) is 0 Å². The van der Waals surface area contributed by atoms with Gasteiger partial charge in [0.05, 0.1) is 18.8 Å². The fourth-order valence-electron chi connectivity index (χ4n) is 1.91. The van der Waals surface area contributed by atoms with E-state index in [1.165, 1.54) is 0 Å². The van der Waals surface area contributed by atoms with E-state index in [1.807, 2.05) is 13.8 Å². The van der Waals surface area contributed by atoms with Crippen LogP contribution in [0.1, 0.15) is 26.7 Å². The number of hydrogen-bond donors (Lipinski definition) is 1. The van der Waals surface area contributed by atoms with E-state index in [0.717, 1.165) is 39.1 Å². The zero-order valence-electron chi connectivity index (χ0n) is 10.7. The van der Waals surface area contributed by atoms with Gasteiger partial charge in [-0.25, -0.2) is 4.79 Å². The van der Waals surface area contributed by atoms with Crippen molar-refractivity contribution in [2.75, 3.05) is 32.8 Å². The quantitative estimate of drug-likeness (QED) is 0.724. The standard InChI is InChI=1S/C12H23NO4/c1-10(2)16-8-7-13-5-3-11(4-6-13)17-9-12(14)15/h10-11H,3-9H2,1-2H3,(H,14,15). The minimum atomic E-state index is -0.891. The molecule has 0 spiro atoms. The largest absolute Gasteiger partial charge is 0.480 e. The van der Waals surface area contributed by atoms with E-state index in [1.54, 1.807) is 0 Å². The van der Waals surface area contributed by atoms with Gasteiger partial charge in [-0.05, 0) is 26.7 Å². The third kappa shape index (κ3) is 6.61. The topological polar surface area (TPSA) is 59.0 Å². The first kappa shape index (κ1) is 14.4. The molecule has 0 amide bonds. The molecule has 0 bridgehead atoms. The number of ether oxygens (including phenoxy) is 2. The molecule has 0 radical (unpaired) electrons. The Labute approximate surface area is 103 Å². The van der Waals surface area contributed by atoms with Gasteiger partial charge in [-0.15, -0.1) is 0 Å². The molecular formula is C12H23NO4. The molecule has 1 rings (SSSR count). The summed E-state index contributed by atoms with van der Waals surface area (Å²) in [6, 6.07) is 0. The molecular weight excluding hydrogens is 222 g/mol. The molecule has 5 heteroatoms. The summed E-state index contributed by atoms with van der Waals surface area (Å²) >= 11 is 0. The summed E-state index contributed by atoms with van der Waals surface area (Å²) in [5, 5.41) is 8.51. The third-order valence-electron chi connectivity index (χ3n) is 2.84. The molecule has 1 N–H and O–H groups in total. The summed E-state index contributed by atoms with van der Waals surface area (Å²) in [4.78, 5) is 12.7. The van der Waals surface area contributed by atoms with Crippen LogP contribution in [-0.4, -0.2) is 61.0 Å². The Morgan fingerprint density at radius 2 is 2.06 bits per heavy atom. The third-order valence-corrected chi connectivity index (χ3v) is 2.84. The van der Waals surface area contributed by atoms with E-state index < -0.39 is 5.97 Å². The Kier molecular flexibility index (Phi) is 6.47. The van der Waals surface area contributed by atoms with Crippen molar-refractivity contribution in [3.05, 3.63) is 0 Å². The molecule has 0 aliphatic carbocycles. The molecule has 0 atom stereocenters. The smallest absolute Gasteiger partial charge is 0.329 e. The Morgan fingerprint density at radius 1 is 1.41 bits per heavy atom. The fraction of sp³-hybridized carbons (Fsp3) is 0.917. The zero-order valence-corrected chi connectivity index (χ0v) is 10.7. The van der Waals surface area contributed by atoms with Crippen LogP contribution in [0, 0.1) is 0 Å². The highest BCUT2D eigenvalue weighted by molar-refractivity contribution is 5.68. The van der Waals surface area contributed by atoms with Crippen LogP contribution in [0.3, 0.4) is 0 Å². The Hall–Kier alpha value is -0.650. The normalized spacial score (nSPS) is 18.8. The highest BCUT2D eigenvalue weighted by atomic mass is 16.5. The first-order valence-corrected chi connectivity index (χ1v) is 6.25. The van der Waals surface area contributed by atoms with Crippen LogP contribution in [0.25, 0.3) is 0 Å². The number of rotatable bonds is 7. The molecule has 0 unspecified atom stereocenters. The van der Waals surface area contributed by atoms with Crippen molar-refractivity contribution in [2.45, 2.75) is 38.9 Å². The highest BCUT2D eigenvalue weighted by Crippen LogP contribution is 2.13. The number of carboxylic acid groups (broad SMARTS) is 1. The maximum atomic E-state index is 10.4. The van der Waals surface area contributed by atoms with Gasteiger partial charge in [-0.3, -0.25) is 0 Å². The number of aliphatic carboxylic acids is 1. The fourth-order valence-corrected chi connectivity index (χ4v) is 1.91. The van der Waals surface area contributed by atoms with Gasteiger partial charge in [0, 0.05) is 19.6 Å². The summed E-state index contributed by atoms with van der Waals surface area (Å²) < 4.78 is 10.8. The molecule has 1 aliphatic rings. The molecule has 17 heavy (non-hydrogen) atoms. The molecule has 0 aromatic carbocycles. The zero-order chi connectivity index (χ0) is 12.7. The number of hydrogen-bond acceptors (Lipinski definition) is 4. The molecule has 1 saturated heterocycles. The van der Waals surface area contributed by atoms with Crippen LogP contribution >= 0.6 is 0 Å². The molecule has 0 saturated carbocycles. The number of carboxylic acids is 1. The minimum absolute atomic E-state index is 0.105. The lowest BCUT2D eigenvalue weighted by Gasteiger charge is -2.31. The summed E-state index contributed by atoms with van der Waals surface area (Å²) in [7, 11) is 0. The summed E-state index contributed by atoms with van der Waals surface area (Å²) in [5.74, 6) is -0.891. The van der Waals surface area contributed by atoms with Crippen molar-refractivity contribution < 1.29 is 19.4 Å². The second-order valence-electron chi connectivity index (χ2n) is 4.67. The molecule has 0 aromatic heterocycles. The average Bonchev–Trinajstić information content (AvgIpc) is 2.27. The lowest BCUT2D eigenvalue weighted by molar-refractivity contribution is -0.145. The maximum Gasteiger partial charge on any atom is 0.329 e.